The van der Waals surface area contributed by atoms with Crippen LogP contribution in [0.4, 0.5) is 0 Å². The van der Waals surface area contributed by atoms with Crippen LogP contribution in [0.5, 0.6) is 5.75 Å². The highest BCUT2D eigenvalue weighted by molar-refractivity contribution is 5.79. The fraction of sp³-hybridized carbons (Fsp3) is 0.286. The lowest BCUT2D eigenvalue weighted by Crippen LogP contribution is -2.12. The van der Waals surface area contributed by atoms with Crippen LogP contribution in [0.15, 0.2) is 30.3 Å². The summed E-state index contributed by atoms with van der Waals surface area (Å²) >= 11 is 0. The van der Waals surface area contributed by atoms with E-state index in [2.05, 4.69) is 5.10 Å². The molecule has 0 radical (unpaired) electrons. The van der Waals surface area contributed by atoms with Crippen molar-refractivity contribution in [2.75, 3.05) is 0 Å². The zero-order chi connectivity index (χ0) is 13.8. The first-order valence-corrected chi connectivity index (χ1v) is 6.09. The molecule has 2 rings (SSSR count). The van der Waals surface area contributed by atoms with Gasteiger partial charge in [-0.1, -0.05) is 12.1 Å². The van der Waals surface area contributed by atoms with Crippen molar-refractivity contribution in [2.24, 2.45) is 12.8 Å². The fourth-order valence-corrected chi connectivity index (χ4v) is 1.88. The van der Waals surface area contributed by atoms with E-state index in [-0.39, 0.29) is 5.84 Å². The average molecular weight is 258 g/mol. The molecular formula is C14H18N4O. The Balaban J connectivity index is 1.96. The fourth-order valence-electron chi connectivity index (χ4n) is 1.88. The molecule has 3 N–H and O–H groups in total. The minimum absolute atomic E-state index is 0.166. The van der Waals surface area contributed by atoms with Gasteiger partial charge in [0.2, 0.25) is 0 Å². The van der Waals surface area contributed by atoms with Crippen LogP contribution >= 0.6 is 0 Å². The molecule has 1 aromatic heterocycles. The summed E-state index contributed by atoms with van der Waals surface area (Å²) in [7, 11) is 1.90. The van der Waals surface area contributed by atoms with Crippen LogP contribution in [0.2, 0.25) is 0 Å². The number of aromatic nitrogens is 2. The topological polar surface area (TPSA) is 76.9 Å². The third kappa shape index (κ3) is 3.58. The summed E-state index contributed by atoms with van der Waals surface area (Å²) in [6.07, 6.45) is 0.473. The number of ether oxygens (including phenoxy) is 1. The third-order valence-corrected chi connectivity index (χ3v) is 2.80. The molecule has 0 aliphatic heterocycles. The maximum Gasteiger partial charge on any atom is 0.130 e. The summed E-state index contributed by atoms with van der Waals surface area (Å²) < 4.78 is 7.52. The van der Waals surface area contributed by atoms with E-state index < -0.39 is 0 Å². The summed E-state index contributed by atoms with van der Waals surface area (Å²) in [5.41, 5.74) is 8.39. The minimum Gasteiger partial charge on any atom is -0.487 e. The van der Waals surface area contributed by atoms with Gasteiger partial charge in [-0.05, 0) is 30.7 Å². The molecule has 5 nitrogen and oxygen atoms in total. The molecule has 19 heavy (non-hydrogen) atoms. The van der Waals surface area contributed by atoms with Gasteiger partial charge in [-0.3, -0.25) is 10.1 Å². The van der Waals surface area contributed by atoms with Gasteiger partial charge in [0.1, 0.15) is 12.4 Å². The van der Waals surface area contributed by atoms with Gasteiger partial charge in [-0.25, -0.2) is 0 Å². The van der Waals surface area contributed by atoms with Crippen LogP contribution in [-0.4, -0.2) is 15.6 Å². The van der Waals surface area contributed by atoms with Crippen LogP contribution in [0.25, 0.3) is 0 Å². The summed E-state index contributed by atoms with van der Waals surface area (Å²) in [4.78, 5) is 0. The molecule has 100 valence electrons. The molecule has 0 saturated carbocycles. The van der Waals surface area contributed by atoms with Gasteiger partial charge < -0.3 is 10.5 Å². The van der Waals surface area contributed by atoms with E-state index in [0.29, 0.717) is 13.0 Å². The summed E-state index contributed by atoms with van der Waals surface area (Å²) in [5, 5.41) is 11.5. The van der Waals surface area contributed by atoms with E-state index in [1.54, 1.807) is 0 Å². The van der Waals surface area contributed by atoms with Gasteiger partial charge >= 0.3 is 0 Å². The predicted molar refractivity (Wildman–Crippen MR) is 74.3 cm³/mol. The maximum atomic E-state index is 7.24. The first-order chi connectivity index (χ1) is 9.04. The van der Waals surface area contributed by atoms with Crippen molar-refractivity contribution in [3.8, 4) is 5.75 Å². The van der Waals surface area contributed by atoms with Crippen molar-refractivity contribution in [1.82, 2.24) is 9.78 Å². The van der Waals surface area contributed by atoms with Crippen molar-refractivity contribution < 1.29 is 4.74 Å². The molecule has 0 aliphatic rings. The number of nitrogens with two attached hydrogens (primary N) is 1. The molecule has 0 bridgehead atoms. The quantitative estimate of drug-likeness (QED) is 0.634. The number of hydrogen-bond acceptors (Lipinski definition) is 3. The van der Waals surface area contributed by atoms with Gasteiger partial charge in [0, 0.05) is 13.5 Å². The van der Waals surface area contributed by atoms with E-state index >= 15 is 0 Å². The van der Waals surface area contributed by atoms with Crippen molar-refractivity contribution in [2.45, 2.75) is 20.0 Å². The van der Waals surface area contributed by atoms with E-state index in [0.717, 1.165) is 22.7 Å². The predicted octanol–water partition coefficient (Wildman–Crippen LogP) is 1.79. The lowest BCUT2D eigenvalue weighted by molar-refractivity contribution is 0.295. The Labute approximate surface area is 112 Å². The second-order valence-corrected chi connectivity index (χ2v) is 4.54. The Morgan fingerprint density at radius 2 is 2.05 bits per heavy atom. The first-order valence-electron chi connectivity index (χ1n) is 6.09. The SMILES string of the molecule is Cc1cc(COc2ccc(CC(=N)N)cc2)n(C)n1. The normalized spacial score (nSPS) is 10.4. The molecule has 0 saturated heterocycles. The Morgan fingerprint density at radius 3 is 2.58 bits per heavy atom. The highest BCUT2D eigenvalue weighted by Crippen LogP contribution is 2.14. The summed E-state index contributed by atoms with van der Waals surface area (Å²) in [6.45, 7) is 2.45. The van der Waals surface area contributed by atoms with Gasteiger partial charge in [-0.2, -0.15) is 5.10 Å². The van der Waals surface area contributed by atoms with Crippen LogP contribution in [0, 0.1) is 12.3 Å². The Morgan fingerprint density at radius 1 is 1.37 bits per heavy atom. The molecule has 0 unspecified atom stereocenters. The molecule has 0 aliphatic carbocycles. The average Bonchev–Trinajstić information content (AvgIpc) is 2.66. The second-order valence-electron chi connectivity index (χ2n) is 4.54. The molecule has 0 amide bonds. The number of rotatable bonds is 5. The Hall–Kier alpha value is -2.30. The molecule has 2 aromatic rings. The largest absolute Gasteiger partial charge is 0.487 e. The highest BCUT2D eigenvalue weighted by Gasteiger charge is 2.03. The van der Waals surface area contributed by atoms with Gasteiger partial charge in [0.15, 0.2) is 0 Å². The van der Waals surface area contributed by atoms with Crippen molar-refractivity contribution in [3.05, 3.63) is 47.3 Å². The lowest BCUT2D eigenvalue weighted by atomic mass is 10.1. The Kier molecular flexibility index (Phi) is 3.85. The minimum atomic E-state index is 0.166. The molecule has 1 heterocycles. The number of benzene rings is 1. The molecule has 0 fully saturated rings. The highest BCUT2D eigenvalue weighted by atomic mass is 16.5. The number of aryl methyl sites for hydroxylation is 2. The number of nitrogens with zero attached hydrogens (tertiary/aromatic N) is 2. The van der Waals surface area contributed by atoms with Crippen molar-refractivity contribution in [3.63, 3.8) is 0 Å². The van der Waals surface area contributed by atoms with Gasteiger partial charge in [0.05, 0.1) is 17.2 Å². The van der Waals surface area contributed by atoms with Gasteiger partial charge in [-0.15, -0.1) is 0 Å². The molecule has 1 aromatic carbocycles. The first kappa shape index (κ1) is 13.1. The van der Waals surface area contributed by atoms with E-state index in [1.807, 2.05) is 49.0 Å². The lowest BCUT2D eigenvalue weighted by Gasteiger charge is -2.07. The number of hydrogen-bond donors (Lipinski definition) is 2. The standard InChI is InChI=1S/C14H18N4O/c1-10-7-12(18(2)17-10)9-19-13-5-3-11(4-6-13)8-14(15)16/h3-7H,8-9H2,1-2H3,(H3,15,16). The van der Waals surface area contributed by atoms with E-state index in [4.69, 9.17) is 15.9 Å². The van der Waals surface area contributed by atoms with E-state index in [9.17, 15) is 0 Å². The third-order valence-electron chi connectivity index (χ3n) is 2.80. The molecule has 5 heteroatoms. The number of amidine groups is 1. The second kappa shape index (κ2) is 5.56. The zero-order valence-electron chi connectivity index (χ0n) is 11.2. The summed E-state index contributed by atoms with van der Waals surface area (Å²) in [5.74, 6) is 0.963. The van der Waals surface area contributed by atoms with Crippen LogP contribution < -0.4 is 10.5 Å². The zero-order valence-corrected chi connectivity index (χ0v) is 11.2. The van der Waals surface area contributed by atoms with E-state index in [1.165, 1.54) is 0 Å². The van der Waals surface area contributed by atoms with Crippen LogP contribution in [-0.2, 0) is 20.1 Å². The molecule has 0 atom stereocenters. The van der Waals surface area contributed by atoms with Crippen LogP contribution in [0.1, 0.15) is 17.0 Å². The monoisotopic (exact) mass is 258 g/mol. The van der Waals surface area contributed by atoms with Crippen molar-refractivity contribution in [1.29, 1.82) is 5.41 Å². The van der Waals surface area contributed by atoms with Crippen molar-refractivity contribution >= 4 is 5.84 Å². The number of nitrogens with one attached hydrogen (secondary N) is 1. The summed E-state index contributed by atoms with van der Waals surface area (Å²) in [6, 6.07) is 9.63. The maximum absolute atomic E-state index is 7.24. The van der Waals surface area contributed by atoms with Gasteiger partial charge in [0.25, 0.3) is 0 Å². The Bertz CT molecular complexity index is 572. The van der Waals surface area contributed by atoms with Crippen LogP contribution in [0.3, 0.4) is 0 Å². The molecular weight excluding hydrogens is 240 g/mol. The molecule has 0 spiro atoms. The smallest absolute Gasteiger partial charge is 0.130 e.